The number of hydrogen-bond acceptors (Lipinski definition) is 4. The third kappa shape index (κ3) is 4.35. The number of carbonyl (C=O) groups excluding carboxylic acids is 1. The molecule has 0 radical (unpaired) electrons. The van der Waals surface area contributed by atoms with E-state index in [4.69, 9.17) is 6.85 Å². The van der Waals surface area contributed by atoms with Gasteiger partial charge in [0.2, 0.25) is 5.91 Å². The van der Waals surface area contributed by atoms with Gasteiger partial charge in [-0.2, -0.15) is 0 Å². The van der Waals surface area contributed by atoms with E-state index in [-0.39, 0.29) is 42.4 Å². The van der Waals surface area contributed by atoms with Crippen LogP contribution in [-0.2, 0) is 20.8 Å². The number of nitrogens with zero attached hydrogens (tertiary/aromatic N) is 1. The van der Waals surface area contributed by atoms with E-state index in [9.17, 15) is 24.6 Å². The number of fused-ring (bicyclic) bond motifs is 1. The average molecular weight is 393 g/mol. The second-order valence-corrected chi connectivity index (χ2v) is 7.51. The van der Waals surface area contributed by atoms with E-state index < -0.39 is 54.1 Å². The number of carboxylic acid groups (broad SMARTS) is 2. The van der Waals surface area contributed by atoms with Gasteiger partial charge < -0.3 is 15.1 Å². The van der Waals surface area contributed by atoms with Crippen LogP contribution in [-0.4, -0.2) is 57.1 Å². The number of carboxylic acids is 2. The van der Waals surface area contributed by atoms with Crippen LogP contribution in [0.2, 0.25) is 0 Å². The Morgan fingerprint density at radius 1 is 1.25 bits per heavy atom. The number of nitrogens with one attached hydrogen (secondary N) is 1. The predicted octanol–water partition coefficient (Wildman–Crippen LogP) is 1.90. The molecule has 7 nitrogen and oxygen atoms in total. The molecule has 0 bridgehead atoms. The molecule has 2 aliphatic rings. The molecule has 1 aromatic carbocycles. The molecule has 2 fully saturated rings. The van der Waals surface area contributed by atoms with Gasteiger partial charge in [-0.15, -0.1) is 0 Å². The van der Waals surface area contributed by atoms with Gasteiger partial charge >= 0.3 is 11.9 Å². The normalized spacial score (nSPS) is 28.4. The minimum atomic E-state index is -1.25. The van der Waals surface area contributed by atoms with Crippen LogP contribution in [0, 0.1) is 5.92 Å². The van der Waals surface area contributed by atoms with Crippen LogP contribution in [0.3, 0.4) is 0 Å². The zero-order valence-corrected chi connectivity index (χ0v) is 15.7. The molecule has 0 unspecified atom stereocenters. The largest absolute Gasteiger partial charge is 0.480 e. The highest BCUT2D eigenvalue weighted by atomic mass is 16.4. The first-order chi connectivity index (χ1) is 15.5. The Morgan fingerprint density at radius 2 is 1.96 bits per heavy atom. The molecule has 5 atom stereocenters. The van der Waals surface area contributed by atoms with Crippen LogP contribution in [0.15, 0.2) is 30.2 Å². The van der Waals surface area contributed by atoms with Crippen molar-refractivity contribution in [3.8, 4) is 0 Å². The average Bonchev–Trinajstić information content (AvgIpc) is 3.36. The van der Waals surface area contributed by atoms with E-state index in [1.54, 1.807) is 0 Å². The van der Waals surface area contributed by atoms with Gasteiger partial charge in [0.25, 0.3) is 0 Å². The fraction of sp³-hybridized carbons (Fsp3) is 0.571. The van der Waals surface area contributed by atoms with Crippen molar-refractivity contribution >= 4 is 17.8 Å². The number of rotatable bonds is 8. The second kappa shape index (κ2) is 8.73. The van der Waals surface area contributed by atoms with Crippen molar-refractivity contribution in [1.29, 1.82) is 0 Å². The number of carbonyl (C=O) groups is 3. The monoisotopic (exact) mass is 393 g/mol. The van der Waals surface area contributed by atoms with Crippen LogP contribution in [0.5, 0.6) is 0 Å². The Morgan fingerprint density at radius 3 is 2.61 bits per heavy atom. The summed E-state index contributed by atoms with van der Waals surface area (Å²) in [4.78, 5) is 38.1. The molecule has 7 heteroatoms. The summed E-state index contributed by atoms with van der Waals surface area (Å²) in [5, 5.41) is 22.0. The van der Waals surface area contributed by atoms with Gasteiger partial charge in [0.15, 0.2) is 0 Å². The highest BCUT2D eigenvalue weighted by Gasteiger charge is 2.49. The highest BCUT2D eigenvalue weighted by molar-refractivity contribution is 5.88. The molecule has 1 aliphatic heterocycles. The maximum atomic E-state index is 13.1. The van der Waals surface area contributed by atoms with Crippen molar-refractivity contribution in [2.45, 2.75) is 69.6 Å². The number of benzene rings is 1. The first-order valence-corrected chi connectivity index (χ1v) is 9.55. The summed E-state index contributed by atoms with van der Waals surface area (Å²) in [6.45, 7) is 1.49. The van der Waals surface area contributed by atoms with Crippen molar-refractivity contribution in [2.24, 2.45) is 5.92 Å². The summed E-state index contributed by atoms with van der Waals surface area (Å²) in [6, 6.07) is -5.55. The zero-order chi connectivity index (χ0) is 24.6. The molecule has 1 heterocycles. The van der Waals surface area contributed by atoms with Gasteiger partial charge in [0.05, 0.1) is 12.9 Å². The van der Waals surface area contributed by atoms with Crippen LogP contribution in [0.25, 0.3) is 0 Å². The third-order valence-corrected chi connectivity index (χ3v) is 5.73. The number of likely N-dealkylation sites (tertiary alicyclic amines) is 1. The molecule has 1 saturated heterocycles. The molecule has 1 saturated carbocycles. The first-order valence-electron chi connectivity index (χ1n) is 12.0. The van der Waals surface area contributed by atoms with Crippen LogP contribution >= 0.6 is 0 Å². The number of amides is 1. The van der Waals surface area contributed by atoms with Crippen molar-refractivity contribution < 1.29 is 31.5 Å². The number of aliphatic carboxylic acids is 2. The van der Waals surface area contributed by atoms with Crippen molar-refractivity contribution in [1.82, 2.24) is 10.2 Å². The standard InChI is InChI=1S/C21H28N2O5/c1-13(22-16(20(25)26)11-10-14-6-3-2-4-7-14)19(24)23-17-9-5-8-15(17)12-18(23)21(27)28/h2-4,6-7,13,15-18,22H,5,8-12H2,1H3,(H,25,26)(H,27,28)/t13-,15+,16-,17+,18-/m0/s1/i2D,3D,4D,6D,7D. The minimum Gasteiger partial charge on any atom is -0.480 e. The lowest BCUT2D eigenvalue weighted by atomic mass is 10.0. The quantitative estimate of drug-likeness (QED) is 0.623. The molecular formula is C21H28N2O5. The summed E-state index contributed by atoms with van der Waals surface area (Å²) in [7, 11) is 0. The van der Waals surface area contributed by atoms with Crippen molar-refractivity contribution in [2.75, 3.05) is 0 Å². The Labute approximate surface area is 171 Å². The molecule has 1 aliphatic carbocycles. The molecule has 1 aromatic rings. The molecule has 152 valence electrons. The van der Waals surface area contributed by atoms with Crippen LogP contribution < -0.4 is 5.32 Å². The summed E-state index contributed by atoms with van der Waals surface area (Å²) in [5.41, 5.74) is 0.00677. The fourth-order valence-electron chi connectivity index (χ4n) is 4.39. The highest BCUT2D eigenvalue weighted by Crippen LogP contribution is 2.41. The Hall–Kier alpha value is -2.41. The number of hydrogen-bond donors (Lipinski definition) is 3. The molecular weight excluding hydrogens is 360 g/mol. The lowest BCUT2D eigenvalue weighted by Gasteiger charge is -2.31. The van der Waals surface area contributed by atoms with E-state index in [1.807, 2.05) is 0 Å². The van der Waals surface area contributed by atoms with Gasteiger partial charge in [-0.05, 0) is 50.5 Å². The predicted molar refractivity (Wildman–Crippen MR) is 103 cm³/mol. The van der Waals surface area contributed by atoms with Crippen LogP contribution in [0.4, 0.5) is 0 Å². The lowest BCUT2D eigenvalue weighted by molar-refractivity contribution is -0.151. The van der Waals surface area contributed by atoms with Gasteiger partial charge in [0, 0.05) is 6.04 Å². The minimum absolute atomic E-state index is 0.00677. The topological polar surface area (TPSA) is 107 Å². The maximum Gasteiger partial charge on any atom is 0.326 e. The Kier molecular flexibility index (Phi) is 4.54. The Balaban J connectivity index is 1.73. The summed E-state index contributed by atoms with van der Waals surface area (Å²) >= 11 is 0. The van der Waals surface area contributed by atoms with E-state index in [0.717, 1.165) is 19.3 Å². The maximum absolute atomic E-state index is 13.1. The van der Waals surface area contributed by atoms with Crippen LogP contribution in [0.1, 0.15) is 51.4 Å². The first kappa shape index (κ1) is 14.6. The van der Waals surface area contributed by atoms with E-state index in [0.29, 0.717) is 6.42 Å². The summed E-state index contributed by atoms with van der Waals surface area (Å²) in [6.07, 6.45) is 2.70. The molecule has 0 aromatic heterocycles. The van der Waals surface area contributed by atoms with E-state index in [2.05, 4.69) is 5.32 Å². The van der Waals surface area contributed by atoms with Crippen molar-refractivity contribution in [3.63, 3.8) is 0 Å². The smallest absolute Gasteiger partial charge is 0.326 e. The summed E-state index contributed by atoms with van der Waals surface area (Å²) < 4.78 is 39.1. The molecule has 3 rings (SSSR count). The summed E-state index contributed by atoms with van der Waals surface area (Å²) in [5.74, 6) is -2.65. The molecule has 1 amide bonds. The molecule has 28 heavy (non-hydrogen) atoms. The Bertz CT molecular complexity index is 946. The van der Waals surface area contributed by atoms with E-state index >= 15 is 0 Å². The zero-order valence-electron chi connectivity index (χ0n) is 20.7. The van der Waals surface area contributed by atoms with Crippen molar-refractivity contribution in [3.05, 3.63) is 35.8 Å². The fourth-order valence-corrected chi connectivity index (χ4v) is 4.39. The van der Waals surface area contributed by atoms with Gasteiger partial charge in [-0.25, -0.2) is 4.79 Å². The van der Waals surface area contributed by atoms with E-state index in [1.165, 1.54) is 11.8 Å². The van der Waals surface area contributed by atoms with Gasteiger partial charge in [-0.3, -0.25) is 14.9 Å². The lowest BCUT2D eigenvalue weighted by Crippen LogP contribution is -2.55. The van der Waals surface area contributed by atoms with Gasteiger partial charge in [0.1, 0.15) is 12.1 Å². The van der Waals surface area contributed by atoms with Gasteiger partial charge in [-0.1, -0.05) is 36.6 Å². The third-order valence-electron chi connectivity index (χ3n) is 5.73. The molecule has 3 N–H and O–H groups in total. The second-order valence-electron chi connectivity index (χ2n) is 7.51. The SMILES string of the molecule is [2H]c1c([2H])c([2H])c(CC[C@H](N[C@@H](C)C(=O)N2[C@@H]3CCC[C@@H]3C[C@H]2C(=O)O)C(=O)O)c([2H])c1[2H]. The molecule has 0 spiro atoms.